The van der Waals surface area contributed by atoms with Crippen LogP contribution in [-0.4, -0.2) is 19.2 Å². The lowest BCUT2D eigenvalue weighted by Crippen LogP contribution is -2.21. The van der Waals surface area contributed by atoms with Gasteiger partial charge >= 0.3 is 0 Å². The molecule has 0 bridgehead atoms. The standard InChI is InChI=1S/C18H36O2.2C2H5O.3H3N/c1-2-3-4-5-6-7-8-9-10-11-12-13-14-15-16-17-18(19)20;2*1-2-3;;;/h2-17H2,1H3,(H,19,20);2*2H2,1H3;3*1H3/q;2*-1;;;/p+2. The summed E-state index contributed by atoms with van der Waals surface area (Å²) in [5.74, 6) is -0.903. The van der Waals surface area contributed by atoms with Gasteiger partial charge in [-0.1, -0.05) is 111 Å². The van der Waals surface area contributed by atoms with Crippen LogP contribution in [0.25, 0.3) is 0 Å². The van der Waals surface area contributed by atoms with E-state index in [1.165, 1.54) is 83.5 Å². The van der Waals surface area contributed by atoms with E-state index in [1.807, 2.05) is 0 Å². The summed E-state index contributed by atoms with van der Waals surface area (Å²) in [7, 11) is 0. The summed E-state index contributed by atoms with van der Waals surface area (Å²) in [6.07, 6.45) is 19.9. The van der Waals surface area contributed by atoms with Crippen LogP contribution in [0.15, 0.2) is 0 Å². The van der Waals surface area contributed by atoms with Crippen LogP contribution in [0.4, 0.5) is 0 Å². The molecular weight excluding hydrogens is 370 g/mol. The molecule has 0 fully saturated rings. The molecule has 0 spiro atoms. The summed E-state index contributed by atoms with van der Waals surface area (Å²) in [5.41, 5.74) is 0. The molecule has 0 aromatic carbocycles. The molecule has 0 aliphatic heterocycles. The molecule has 0 amide bonds. The zero-order chi connectivity index (χ0) is 20.3. The van der Waals surface area contributed by atoms with Gasteiger partial charge in [-0.2, -0.15) is 0 Å². The Balaban J connectivity index is -0.000000130. The molecule has 0 radical (unpaired) electrons. The second kappa shape index (κ2) is 45.8. The highest BCUT2D eigenvalue weighted by Gasteiger charge is 1.94. The molecule has 0 aliphatic rings. The third kappa shape index (κ3) is 65.8. The maximum Gasteiger partial charge on any atom is 0.0414 e. The van der Waals surface area contributed by atoms with Crippen molar-refractivity contribution >= 4 is 5.97 Å². The number of hydrogen-bond donors (Lipinski definition) is 3. The maximum atomic E-state index is 10.2. The number of quaternary nitrogens is 3. The Morgan fingerprint density at radius 3 is 0.931 bits per heavy atom. The molecule has 184 valence electrons. The van der Waals surface area contributed by atoms with Crippen LogP contribution >= 0.6 is 0 Å². The van der Waals surface area contributed by atoms with E-state index < -0.39 is 5.97 Å². The van der Waals surface area contributed by atoms with Gasteiger partial charge in [-0.05, 0) is 12.8 Å². The third-order valence-corrected chi connectivity index (χ3v) is 3.98. The van der Waals surface area contributed by atoms with Crippen LogP contribution in [0.3, 0.4) is 0 Å². The van der Waals surface area contributed by atoms with Crippen molar-refractivity contribution in [2.75, 3.05) is 13.2 Å². The van der Waals surface area contributed by atoms with E-state index in [9.17, 15) is 9.90 Å². The zero-order valence-corrected chi connectivity index (χ0v) is 20.9. The van der Waals surface area contributed by atoms with Crippen LogP contribution in [-0.2, 0) is 4.79 Å². The van der Waals surface area contributed by atoms with Crippen molar-refractivity contribution in [3.05, 3.63) is 0 Å². The second-order valence-electron chi connectivity index (χ2n) is 6.65. The lowest BCUT2D eigenvalue weighted by atomic mass is 10.0. The minimum absolute atomic E-state index is 0. The predicted molar refractivity (Wildman–Crippen MR) is 124 cm³/mol. The van der Waals surface area contributed by atoms with E-state index in [4.69, 9.17) is 10.2 Å². The Kier molecular flexibility index (Phi) is 67.0. The fourth-order valence-corrected chi connectivity index (χ4v) is 2.64. The molecule has 7 nitrogen and oxygen atoms in total. The Labute approximate surface area is 181 Å². The van der Waals surface area contributed by atoms with Gasteiger partial charge in [0, 0.05) is 5.97 Å². The van der Waals surface area contributed by atoms with Gasteiger partial charge in [0.05, 0.1) is 0 Å². The van der Waals surface area contributed by atoms with Gasteiger partial charge in [-0.25, -0.2) is 0 Å². The SMILES string of the molecule is CCCCCCCCCCCCCCCCCC(=O)[O-].CC[O-].CC[O-].[NH4+].[NH4+].[NH4+]. The summed E-state index contributed by atoms with van der Waals surface area (Å²) in [6, 6.07) is 0. The molecule has 0 aromatic heterocycles. The number of unbranched alkanes of at least 4 members (excludes halogenated alkanes) is 14. The number of rotatable bonds is 16. The maximum absolute atomic E-state index is 10.2. The molecule has 12 N–H and O–H groups in total. The second-order valence-corrected chi connectivity index (χ2v) is 6.65. The number of aliphatic carboxylic acids is 1. The molecule has 0 saturated carbocycles. The van der Waals surface area contributed by atoms with Gasteiger partial charge in [0.15, 0.2) is 0 Å². The first kappa shape index (κ1) is 42.4. The Hall–Kier alpha value is -0.730. The first-order valence-electron chi connectivity index (χ1n) is 11.0. The highest BCUT2D eigenvalue weighted by atomic mass is 16.4. The summed E-state index contributed by atoms with van der Waals surface area (Å²) in [5, 5.41) is 28.1. The lowest BCUT2D eigenvalue weighted by Gasteiger charge is -2.04. The molecule has 7 heteroatoms. The highest BCUT2D eigenvalue weighted by molar-refractivity contribution is 5.63. The van der Waals surface area contributed by atoms with Crippen LogP contribution in [0.5, 0.6) is 0 Å². The molecule has 0 unspecified atom stereocenters. The summed E-state index contributed by atoms with van der Waals surface area (Å²) in [4.78, 5) is 10.2. The van der Waals surface area contributed by atoms with Crippen LogP contribution < -0.4 is 33.8 Å². The smallest absolute Gasteiger partial charge is 0.0414 e. The molecule has 0 atom stereocenters. The van der Waals surface area contributed by atoms with Gasteiger partial charge < -0.3 is 38.6 Å². The van der Waals surface area contributed by atoms with Crippen LogP contribution in [0.1, 0.15) is 124 Å². The number of carboxylic acid groups (broad SMARTS) is 1. The van der Waals surface area contributed by atoms with Gasteiger partial charge in [-0.15, -0.1) is 13.2 Å². The van der Waals surface area contributed by atoms with Crippen molar-refractivity contribution in [1.82, 2.24) is 18.5 Å². The van der Waals surface area contributed by atoms with E-state index in [-0.39, 0.29) is 38.1 Å². The van der Waals surface area contributed by atoms with Crippen molar-refractivity contribution < 1.29 is 20.1 Å². The normalized spacial score (nSPS) is 8.72. The fraction of sp³-hybridized carbons (Fsp3) is 0.955. The van der Waals surface area contributed by atoms with Gasteiger partial charge in [0.2, 0.25) is 0 Å². The highest BCUT2D eigenvalue weighted by Crippen LogP contribution is 2.13. The molecule has 0 heterocycles. The molecule has 0 aliphatic carbocycles. The summed E-state index contributed by atoms with van der Waals surface area (Å²) < 4.78 is 0. The van der Waals surface area contributed by atoms with Crippen molar-refractivity contribution in [1.29, 1.82) is 0 Å². The van der Waals surface area contributed by atoms with E-state index in [1.54, 1.807) is 13.8 Å². The Morgan fingerprint density at radius 2 is 0.724 bits per heavy atom. The van der Waals surface area contributed by atoms with Crippen molar-refractivity contribution in [3.63, 3.8) is 0 Å². The average molecular weight is 428 g/mol. The molecule has 29 heavy (non-hydrogen) atoms. The van der Waals surface area contributed by atoms with Crippen LogP contribution in [0.2, 0.25) is 0 Å². The van der Waals surface area contributed by atoms with E-state index in [2.05, 4.69) is 6.92 Å². The van der Waals surface area contributed by atoms with E-state index in [0.29, 0.717) is 0 Å². The number of hydrogen-bond acceptors (Lipinski definition) is 4. The monoisotopic (exact) mass is 427 g/mol. The number of carbonyl (C=O) groups excluding carboxylic acids is 1. The van der Waals surface area contributed by atoms with Gasteiger partial charge in [0.1, 0.15) is 0 Å². The lowest BCUT2D eigenvalue weighted by molar-refractivity contribution is -0.362. The average Bonchev–Trinajstić information content (AvgIpc) is 2.59. The van der Waals surface area contributed by atoms with Gasteiger partial charge in [0.25, 0.3) is 0 Å². The quantitative estimate of drug-likeness (QED) is 0.296. The van der Waals surface area contributed by atoms with Crippen molar-refractivity contribution in [2.45, 2.75) is 124 Å². The minimum atomic E-state index is -0.903. The Morgan fingerprint density at radius 1 is 0.517 bits per heavy atom. The zero-order valence-electron chi connectivity index (χ0n) is 20.9. The third-order valence-electron chi connectivity index (χ3n) is 3.98. The van der Waals surface area contributed by atoms with E-state index in [0.717, 1.165) is 12.8 Å². The number of carboxylic acids is 1. The Bertz CT molecular complexity index is 244. The predicted octanol–water partition coefficient (Wildman–Crippen LogP) is 4.86. The summed E-state index contributed by atoms with van der Waals surface area (Å²) in [6.45, 7) is 5.41. The summed E-state index contributed by atoms with van der Waals surface area (Å²) >= 11 is 0. The largest absolute Gasteiger partial charge is 0.855 e. The molecule has 0 saturated heterocycles. The van der Waals surface area contributed by atoms with Crippen molar-refractivity contribution in [2.24, 2.45) is 0 Å². The topological polar surface area (TPSA) is 196 Å². The molecular formula is C22H57N3O4. The minimum Gasteiger partial charge on any atom is -0.855 e. The first-order chi connectivity index (χ1) is 12.6. The van der Waals surface area contributed by atoms with Gasteiger partial charge in [-0.3, -0.25) is 0 Å². The van der Waals surface area contributed by atoms with E-state index >= 15 is 0 Å². The van der Waals surface area contributed by atoms with Crippen LogP contribution in [0, 0.1) is 0 Å². The first-order valence-corrected chi connectivity index (χ1v) is 11.0. The molecule has 0 rings (SSSR count). The van der Waals surface area contributed by atoms with Crippen molar-refractivity contribution in [3.8, 4) is 0 Å². The molecule has 0 aromatic rings. The number of carbonyl (C=O) groups is 1. The fourth-order valence-electron chi connectivity index (χ4n) is 2.64.